The molecule has 108 valence electrons. The molecule has 0 saturated heterocycles. The lowest BCUT2D eigenvalue weighted by atomic mass is 10.1. The topological polar surface area (TPSA) is 56.5 Å². The molecule has 0 saturated carbocycles. The third-order valence-corrected chi connectivity index (χ3v) is 5.08. The van der Waals surface area contributed by atoms with E-state index in [-0.39, 0.29) is 6.04 Å². The Kier molecular flexibility index (Phi) is 5.29. The molecule has 7 heteroatoms. The summed E-state index contributed by atoms with van der Waals surface area (Å²) in [6, 6.07) is 5.48. The van der Waals surface area contributed by atoms with Gasteiger partial charge in [-0.25, -0.2) is 5.43 Å². The van der Waals surface area contributed by atoms with Crippen molar-refractivity contribution in [2.75, 3.05) is 14.2 Å². The average molecular weight is 378 g/mol. The molecule has 1 unspecified atom stereocenters. The molecule has 0 aliphatic rings. The number of hydrazine groups is 1. The van der Waals surface area contributed by atoms with Gasteiger partial charge in [0.1, 0.15) is 0 Å². The maximum absolute atomic E-state index is 6.23. The van der Waals surface area contributed by atoms with Gasteiger partial charge in [0.2, 0.25) is 0 Å². The first-order valence-electron chi connectivity index (χ1n) is 5.72. The second-order valence-corrected chi connectivity index (χ2v) is 6.18. The third-order valence-electron chi connectivity index (χ3n) is 2.86. The van der Waals surface area contributed by atoms with Gasteiger partial charge < -0.3 is 9.47 Å². The summed E-state index contributed by atoms with van der Waals surface area (Å²) in [6.07, 6.45) is 0. The van der Waals surface area contributed by atoms with E-state index in [4.69, 9.17) is 26.9 Å². The molecule has 4 nitrogen and oxygen atoms in total. The lowest BCUT2D eigenvalue weighted by Gasteiger charge is -2.18. The minimum absolute atomic E-state index is 0.179. The Bertz CT molecular complexity index is 606. The Morgan fingerprint density at radius 1 is 1.35 bits per heavy atom. The van der Waals surface area contributed by atoms with Crippen molar-refractivity contribution in [1.29, 1.82) is 0 Å². The predicted molar refractivity (Wildman–Crippen MR) is 85.7 cm³/mol. The first-order valence-corrected chi connectivity index (χ1v) is 7.77. The van der Waals surface area contributed by atoms with Gasteiger partial charge in [-0.3, -0.25) is 5.84 Å². The zero-order chi connectivity index (χ0) is 14.7. The molecule has 1 aromatic heterocycles. The summed E-state index contributed by atoms with van der Waals surface area (Å²) in [4.78, 5) is 1.07. The van der Waals surface area contributed by atoms with Gasteiger partial charge in [-0.15, -0.1) is 11.3 Å². The first kappa shape index (κ1) is 15.6. The standard InChI is InChI=1S/C13H14BrClN2O2S/c1-18-10-6-7(5-9(15)12(10)19-2)11(17-16)13-8(14)3-4-20-13/h3-6,11,17H,16H2,1-2H3. The van der Waals surface area contributed by atoms with Crippen molar-refractivity contribution in [1.82, 2.24) is 5.43 Å². The third kappa shape index (κ3) is 2.94. The number of benzene rings is 1. The van der Waals surface area contributed by atoms with Crippen LogP contribution in [0.3, 0.4) is 0 Å². The minimum atomic E-state index is -0.179. The van der Waals surface area contributed by atoms with Crippen molar-refractivity contribution in [3.8, 4) is 11.5 Å². The molecule has 0 spiro atoms. The highest BCUT2D eigenvalue weighted by atomic mass is 79.9. The van der Waals surface area contributed by atoms with Crippen LogP contribution in [0.2, 0.25) is 5.02 Å². The summed E-state index contributed by atoms with van der Waals surface area (Å²) < 4.78 is 11.5. The van der Waals surface area contributed by atoms with Crippen LogP contribution in [0, 0.1) is 0 Å². The van der Waals surface area contributed by atoms with Crippen LogP contribution in [-0.2, 0) is 0 Å². The van der Waals surface area contributed by atoms with E-state index in [1.165, 1.54) is 0 Å². The maximum Gasteiger partial charge on any atom is 0.179 e. The lowest BCUT2D eigenvalue weighted by molar-refractivity contribution is 0.354. The molecule has 0 amide bonds. The van der Waals surface area contributed by atoms with Gasteiger partial charge in [0.15, 0.2) is 11.5 Å². The van der Waals surface area contributed by atoms with Crippen molar-refractivity contribution >= 4 is 38.9 Å². The zero-order valence-electron chi connectivity index (χ0n) is 10.9. The van der Waals surface area contributed by atoms with E-state index in [1.807, 2.05) is 23.6 Å². The number of nitrogens with two attached hydrogens (primary N) is 1. The van der Waals surface area contributed by atoms with Crippen LogP contribution in [0.1, 0.15) is 16.5 Å². The highest BCUT2D eigenvalue weighted by Gasteiger charge is 2.20. The number of methoxy groups -OCH3 is 2. The molecular formula is C13H14BrClN2O2S. The second-order valence-electron chi connectivity index (χ2n) is 3.97. The van der Waals surface area contributed by atoms with Gasteiger partial charge in [0, 0.05) is 9.35 Å². The number of halogens is 2. The smallest absolute Gasteiger partial charge is 0.179 e. The van der Waals surface area contributed by atoms with E-state index in [0.29, 0.717) is 16.5 Å². The normalized spacial score (nSPS) is 12.2. The summed E-state index contributed by atoms with van der Waals surface area (Å²) in [5.74, 6) is 6.78. The lowest BCUT2D eigenvalue weighted by Crippen LogP contribution is -2.28. The molecule has 2 aromatic rings. The van der Waals surface area contributed by atoms with Gasteiger partial charge in [0.25, 0.3) is 0 Å². The largest absolute Gasteiger partial charge is 0.493 e. The summed E-state index contributed by atoms with van der Waals surface area (Å²) in [6.45, 7) is 0. The van der Waals surface area contributed by atoms with Crippen molar-refractivity contribution in [2.24, 2.45) is 5.84 Å². The fourth-order valence-electron chi connectivity index (χ4n) is 1.94. The summed E-state index contributed by atoms with van der Waals surface area (Å²) in [5.41, 5.74) is 3.70. The van der Waals surface area contributed by atoms with Crippen LogP contribution in [0.4, 0.5) is 0 Å². The Labute approximate surface area is 134 Å². The Morgan fingerprint density at radius 3 is 2.60 bits per heavy atom. The molecule has 0 fully saturated rings. The van der Waals surface area contributed by atoms with E-state index in [2.05, 4.69) is 21.4 Å². The van der Waals surface area contributed by atoms with Crippen molar-refractivity contribution in [3.05, 3.63) is 43.5 Å². The van der Waals surface area contributed by atoms with Gasteiger partial charge in [0.05, 0.1) is 25.3 Å². The highest BCUT2D eigenvalue weighted by molar-refractivity contribution is 9.10. The van der Waals surface area contributed by atoms with E-state index in [9.17, 15) is 0 Å². The highest BCUT2D eigenvalue weighted by Crippen LogP contribution is 2.40. The van der Waals surface area contributed by atoms with E-state index < -0.39 is 0 Å². The Hall–Kier alpha value is -0.790. The maximum atomic E-state index is 6.23. The first-order chi connectivity index (χ1) is 9.62. The van der Waals surface area contributed by atoms with Crippen molar-refractivity contribution < 1.29 is 9.47 Å². The van der Waals surface area contributed by atoms with Crippen LogP contribution >= 0.6 is 38.9 Å². The van der Waals surface area contributed by atoms with Crippen LogP contribution in [-0.4, -0.2) is 14.2 Å². The molecule has 2 rings (SSSR count). The average Bonchev–Trinajstić information content (AvgIpc) is 2.85. The molecule has 1 aromatic carbocycles. The number of hydrogen-bond acceptors (Lipinski definition) is 5. The van der Waals surface area contributed by atoms with Crippen LogP contribution in [0.15, 0.2) is 28.1 Å². The molecule has 3 N–H and O–H groups in total. The van der Waals surface area contributed by atoms with Crippen LogP contribution < -0.4 is 20.7 Å². The quantitative estimate of drug-likeness (QED) is 0.616. The molecule has 0 aliphatic carbocycles. The molecule has 0 aliphatic heterocycles. The Morgan fingerprint density at radius 2 is 2.10 bits per heavy atom. The van der Waals surface area contributed by atoms with E-state index in [1.54, 1.807) is 25.6 Å². The molecular weight excluding hydrogens is 364 g/mol. The number of nitrogens with one attached hydrogen (secondary N) is 1. The number of ether oxygens (including phenoxy) is 2. The van der Waals surface area contributed by atoms with Crippen LogP contribution in [0.25, 0.3) is 0 Å². The van der Waals surface area contributed by atoms with Gasteiger partial charge in [-0.1, -0.05) is 11.6 Å². The summed E-state index contributed by atoms with van der Waals surface area (Å²) in [5, 5.41) is 2.47. The van der Waals surface area contributed by atoms with Gasteiger partial charge >= 0.3 is 0 Å². The monoisotopic (exact) mass is 376 g/mol. The summed E-state index contributed by atoms with van der Waals surface area (Å²) >= 11 is 11.3. The minimum Gasteiger partial charge on any atom is -0.493 e. The van der Waals surface area contributed by atoms with Gasteiger partial charge in [-0.2, -0.15) is 0 Å². The zero-order valence-corrected chi connectivity index (χ0v) is 14.1. The molecule has 0 radical (unpaired) electrons. The number of hydrogen-bond donors (Lipinski definition) is 2. The molecule has 20 heavy (non-hydrogen) atoms. The van der Waals surface area contributed by atoms with E-state index in [0.717, 1.165) is 14.9 Å². The van der Waals surface area contributed by atoms with Crippen molar-refractivity contribution in [2.45, 2.75) is 6.04 Å². The number of rotatable bonds is 5. The van der Waals surface area contributed by atoms with Crippen molar-refractivity contribution in [3.63, 3.8) is 0 Å². The van der Waals surface area contributed by atoms with Gasteiger partial charge in [-0.05, 0) is 45.1 Å². The Balaban J connectivity index is 2.51. The van der Waals surface area contributed by atoms with Crippen LogP contribution in [0.5, 0.6) is 11.5 Å². The molecule has 0 bridgehead atoms. The predicted octanol–water partition coefficient (Wildman–Crippen LogP) is 3.73. The molecule has 1 atom stereocenters. The SMILES string of the molecule is COc1cc(C(NN)c2sccc2Br)cc(Cl)c1OC. The molecule has 1 heterocycles. The number of thiophene rings is 1. The fourth-order valence-corrected chi connectivity index (χ4v) is 3.92. The fraction of sp³-hybridized carbons (Fsp3) is 0.231. The summed E-state index contributed by atoms with van der Waals surface area (Å²) in [7, 11) is 3.13. The van der Waals surface area contributed by atoms with E-state index >= 15 is 0 Å². The second kappa shape index (κ2) is 6.78.